The standard InChI is InChI=1S/C31H28FNO4/c1-20-28(31(35)37-17-16-36-25-10-6-3-7-11-25)29(22-12-14-24(32)15-13-22)30-26(33-20)18-23(19-27(30)34)21-8-4-2-5-9-21/h2-15,23,29,33H,16-19H2,1H3/t23-,29+/m1/s1. The second kappa shape index (κ2) is 10.8. The van der Waals surface area contributed by atoms with E-state index in [0.29, 0.717) is 41.0 Å². The molecule has 1 heterocycles. The SMILES string of the molecule is CC1=C(C(=O)OCCOc2ccccc2)[C@H](c2ccc(F)cc2)C2=C(C[C@@H](c3ccccc3)CC2=O)N1. The van der Waals surface area contributed by atoms with E-state index in [4.69, 9.17) is 9.47 Å². The predicted molar refractivity (Wildman–Crippen MR) is 138 cm³/mol. The molecule has 0 saturated carbocycles. The van der Waals surface area contributed by atoms with Crippen LogP contribution in [0.4, 0.5) is 4.39 Å². The first-order valence-corrected chi connectivity index (χ1v) is 12.4. The summed E-state index contributed by atoms with van der Waals surface area (Å²) in [5.41, 5.74) is 4.12. The topological polar surface area (TPSA) is 64.6 Å². The number of carbonyl (C=O) groups excluding carboxylic acids is 2. The van der Waals surface area contributed by atoms with E-state index >= 15 is 0 Å². The van der Waals surface area contributed by atoms with Gasteiger partial charge in [0, 0.05) is 29.3 Å². The van der Waals surface area contributed by atoms with Crippen molar-refractivity contribution in [2.24, 2.45) is 0 Å². The van der Waals surface area contributed by atoms with E-state index in [1.165, 1.54) is 12.1 Å². The van der Waals surface area contributed by atoms with Gasteiger partial charge in [0.1, 0.15) is 24.8 Å². The number of dihydropyridines is 1. The number of ketones is 1. The van der Waals surface area contributed by atoms with Gasteiger partial charge in [-0.1, -0.05) is 60.7 Å². The average molecular weight is 498 g/mol. The normalized spacial score (nSPS) is 19.2. The number of benzene rings is 3. The molecule has 5 rings (SSSR count). The molecule has 0 saturated heterocycles. The number of ether oxygens (including phenoxy) is 2. The highest BCUT2D eigenvalue weighted by atomic mass is 19.1. The molecular formula is C31H28FNO4. The molecule has 37 heavy (non-hydrogen) atoms. The zero-order valence-electron chi connectivity index (χ0n) is 20.6. The van der Waals surface area contributed by atoms with E-state index in [1.54, 1.807) is 12.1 Å². The first kappa shape index (κ1) is 24.5. The van der Waals surface area contributed by atoms with Crippen LogP contribution in [0.5, 0.6) is 5.75 Å². The Morgan fingerprint density at radius 2 is 1.57 bits per heavy atom. The number of Topliss-reactive ketones (excluding diaryl/α,β-unsaturated/α-hetero) is 1. The van der Waals surface area contributed by atoms with Crippen molar-refractivity contribution in [2.45, 2.75) is 31.6 Å². The van der Waals surface area contributed by atoms with Crippen LogP contribution in [0.2, 0.25) is 0 Å². The Bertz CT molecular complexity index is 1350. The lowest BCUT2D eigenvalue weighted by Crippen LogP contribution is -2.36. The molecule has 0 amide bonds. The third-order valence-corrected chi connectivity index (χ3v) is 6.85. The summed E-state index contributed by atoms with van der Waals surface area (Å²) in [5.74, 6) is -0.835. The van der Waals surface area contributed by atoms with Crippen LogP contribution < -0.4 is 10.1 Å². The lowest BCUT2D eigenvalue weighted by Gasteiger charge is -2.36. The summed E-state index contributed by atoms with van der Waals surface area (Å²) in [5, 5.41) is 3.34. The van der Waals surface area contributed by atoms with Gasteiger partial charge in [0.05, 0.1) is 5.57 Å². The van der Waals surface area contributed by atoms with Gasteiger partial charge in [-0.05, 0) is 54.7 Å². The van der Waals surface area contributed by atoms with Gasteiger partial charge in [-0.3, -0.25) is 4.79 Å². The molecule has 0 fully saturated rings. The lowest BCUT2D eigenvalue weighted by molar-refractivity contribution is -0.140. The van der Waals surface area contributed by atoms with Gasteiger partial charge in [0.15, 0.2) is 5.78 Å². The van der Waals surface area contributed by atoms with E-state index in [9.17, 15) is 14.0 Å². The van der Waals surface area contributed by atoms with Crippen molar-refractivity contribution in [3.63, 3.8) is 0 Å². The summed E-state index contributed by atoms with van der Waals surface area (Å²) in [6.45, 7) is 2.06. The largest absolute Gasteiger partial charge is 0.490 e. The van der Waals surface area contributed by atoms with Crippen molar-refractivity contribution in [3.8, 4) is 5.75 Å². The molecule has 0 unspecified atom stereocenters. The molecule has 0 radical (unpaired) electrons. The molecule has 1 aliphatic heterocycles. The van der Waals surface area contributed by atoms with Crippen LogP contribution in [0.1, 0.15) is 42.7 Å². The van der Waals surface area contributed by atoms with Crippen LogP contribution in [0.3, 0.4) is 0 Å². The molecule has 3 aromatic carbocycles. The molecule has 6 heteroatoms. The molecule has 0 spiro atoms. The Kier molecular flexibility index (Phi) is 7.17. The second-order valence-corrected chi connectivity index (χ2v) is 9.28. The smallest absolute Gasteiger partial charge is 0.336 e. The minimum Gasteiger partial charge on any atom is -0.490 e. The Labute approximate surface area is 215 Å². The molecule has 188 valence electrons. The minimum absolute atomic E-state index is 0.0258. The van der Waals surface area contributed by atoms with Crippen molar-refractivity contribution in [2.75, 3.05) is 13.2 Å². The van der Waals surface area contributed by atoms with E-state index in [0.717, 1.165) is 11.3 Å². The zero-order valence-corrected chi connectivity index (χ0v) is 20.6. The van der Waals surface area contributed by atoms with Crippen LogP contribution in [-0.4, -0.2) is 25.0 Å². The van der Waals surface area contributed by atoms with Gasteiger partial charge in [-0.15, -0.1) is 0 Å². The Balaban J connectivity index is 1.41. The van der Waals surface area contributed by atoms with Crippen LogP contribution in [0, 0.1) is 5.82 Å². The summed E-state index contributed by atoms with van der Waals surface area (Å²) in [4.78, 5) is 26.9. The fraction of sp³-hybridized carbons (Fsp3) is 0.226. The summed E-state index contributed by atoms with van der Waals surface area (Å²) >= 11 is 0. The molecule has 1 aliphatic carbocycles. The maximum Gasteiger partial charge on any atom is 0.336 e. The monoisotopic (exact) mass is 497 g/mol. The highest BCUT2D eigenvalue weighted by molar-refractivity contribution is 6.04. The molecule has 0 bridgehead atoms. The van der Waals surface area contributed by atoms with Crippen LogP contribution in [-0.2, 0) is 14.3 Å². The van der Waals surface area contributed by atoms with E-state index in [1.807, 2.05) is 67.6 Å². The van der Waals surface area contributed by atoms with E-state index in [-0.39, 0.29) is 30.7 Å². The number of nitrogens with one attached hydrogen (secondary N) is 1. The van der Waals surface area contributed by atoms with Crippen molar-refractivity contribution in [1.82, 2.24) is 5.32 Å². The third-order valence-electron chi connectivity index (χ3n) is 6.85. The van der Waals surface area contributed by atoms with E-state index in [2.05, 4.69) is 5.32 Å². The zero-order chi connectivity index (χ0) is 25.8. The third kappa shape index (κ3) is 5.33. The van der Waals surface area contributed by atoms with Crippen molar-refractivity contribution < 1.29 is 23.5 Å². The molecule has 5 nitrogen and oxygen atoms in total. The number of esters is 1. The van der Waals surface area contributed by atoms with Crippen LogP contribution in [0.25, 0.3) is 0 Å². The van der Waals surface area contributed by atoms with Gasteiger partial charge >= 0.3 is 5.97 Å². The molecule has 2 aliphatic rings. The molecule has 3 aromatic rings. The van der Waals surface area contributed by atoms with Crippen molar-refractivity contribution in [1.29, 1.82) is 0 Å². The van der Waals surface area contributed by atoms with Gasteiger partial charge in [0.2, 0.25) is 0 Å². The average Bonchev–Trinajstić information content (AvgIpc) is 2.91. The number of para-hydroxylation sites is 1. The Morgan fingerprint density at radius 3 is 2.27 bits per heavy atom. The van der Waals surface area contributed by atoms with Crippen LogP contribution in [0.15, 0.2) is 107 Å². The Morgan fingerprint density at radius 1 is 0.892 bits per heavy atom. The molecule has 2 atom stereocenters. The fourth-order valence-electron chi connectivity index (χ4n) is 5.15. The van der Waals surface area contributed by atoms with Gasteiger partial charge in [0.25, 0.3) is 0 Å². The summed E-state index contributed by atoms with van der Waals surface area (Å²) in [6, 6.07) is 25.2. The summed E-state index contributed by atoms with van der Waals surface area (Å²) in [6.07, 6.45) is 0.988. The Hall–Kier alpha value is -4.19. The molecule has 1 N–H and O–H groups in total. The number of carbonyl (C=O) groups is 2. The van der Waals surface area contributed by atoms with Crippen molar-refractivity contribution >= 4 is 11.8 Å². The summed E-state index contributed by atoms with van der Waals surface area (Å²) in [7, 11) is 0. The van der Waals surface area contributed by atoms with Gasteiger partial charge < -0.3 is 14.8 Å². The lowest BCUT2D eigenvalue weighted by atomic mass is 9.72. The minimum atomic E-state index is -0.636. The number of hydrogen-bond donors (Lipinski definition) is 1. The molecule has 0 aromatic heterocycles. The number of rotatable bonds is 7. The second-order valence-electron chi connectivity index (χ2n) is 9.28. The molecular weight excluding hydrogens is 469 g/mol. The quantitative estimate of drug-likeness (QED) is 0.330. The number of allylic oxidation sites excluding steroid dienone is 3. The fourth-order valence-corrected chi connectivity index (χ4v) is 5.15. The van der Waals surface area contributed by atoms with Gasteiger partial charge in [-0.2, -0.15) is 0 Å². The van der Waals surface area contributed by atoms with Gasteiger partial charge in [-0.25, -0.2) is 9.18 Å². The van der Waals surface area contributed by atoms with Crippen molar-refractivity contribution in [3.05, 3.63) is 124 Å². The number of hydrogen-bond acceptors (Lipinski definition) is 5. The van der Waals surface area contributed by atoms with Crippen LogP contribution >= 0.6 is 0 Å². The first-order valence-electron chi connectivity index (χ1n) is 12.4. The maximum atomic E-state index is 13.8. The summed E-state index contributed by atoms with van der Waals surface area (Å²) < 4.78 is 25.0. The number of halogens is 1. The maximum absolute atomic E-state index is 13.8. The van der Waals surface area contributed by atoms with E-state index < -0.39 is 11.9 Å². The highest BCUT2D eigenvalue weighted by Crippen LogP contribution is 2.45. The first-order chi connectivity index (χ1) is 18.0. The highest BCUT2D eigenvalue weighted by Gasteiger charge is 2.41. The predicted octanol–water partition coefficient (Wildman–Crippen LogP) is 5.81.